The second kappa shape index (κ2) is 6.81. The van der Waals surface area contributed by atoms with Crippen LogP contribution in [0.25, 0.3) is 5.65 Å². The van der Waals surface area contributed by atoms with Gasteiger partial charge in [0.25, 0.3) is 11.5 Å². The number of hydrogen-bond acceptors (Lipinski definition) is 6. The molecular weight excluding hydrogens is 340 g/mol. The van der Waals surface area contributed by atoms with Gasteiger partial charge in [0.05, 0.1) is 12.8 Å². The molecule has 1 aliphatic rings. The van der Waals surface area contributed by atoms with E-state index in [1.54, 1.807) is 6.92 Å². The first-order valence-corrected chi connectivity index (χ1v) is 8.66. The highest BCUT2D eigenvalue weighted by molar-refractivity contribution is 5.99. The second-order valence-corrected chi connectivity index (χ2v) is 6.77. The van der Waals surface area contributed by atoms with Gasteiger partial charge >= 0.3 is 5.97 Å². The Labute approximate surface area is 149 Å². The highest BCUT2D eigenvalue weighted by Crippen LogP contribution is 2.24. The van der Waals surface area contributed by atoms with Crippen molar-refractivity contribution in [3.63, 3.8) is 0 Å². The highest BCUT2D eigenvalue weighted by atomic mass is 16.5. The van der Waals surface area contributed by atoms with E-state index >= 15 is 0 Å². The standard InChI is InChI=1S/C17H22N4O5/c1-4-26-17(25)11-7-18-21-14(11)20(8-9(2)3)15(23)12(16(21)24)13(22)19-10-5-6-10/h7,9-10,23H,4-6,8H2,1-3H3,(H,19,22). The lowest BCUT2D eigenvalue weighted by Gasteiger charge is -2.17. The molecule has 0 aliphatic heterocycles. The molecule has 0 bridgehead atoms. The first-order chi connectivity index (χ1) is 12.3. The van der Waals surface area contributed by atoms with Gasteiger partial charge < -0.3 is 15.2 Å². The lowest BCUT2D eigenvalue weighted by Crippen LogP contribution is -2.35. The average Bonchev–Trinajstić information content (AvgIpc) is 3.25. The van der Waals surface area contributed by atoms with Crippen molar-refractivity contribution >= 4 is 17.5 Å². The van der Waals surface area contributed by atoms with Crippen LogP contribution >= 0.6 is 0 Å². The zero-order valence-electron chi connectivity index (χ0n) is 15.0. The van der Waals surface area contributed by atoms with E-state index in [4.69, 9.17) is 4.74 Å². The molecule has 0 unspecified atom stereocenters. The minimum atomic E-state index is -0.772. The smallest absolute Gasteiger partial charge is 0.343 e. The van der Waals surface area contributed by atoms with E-state index in [1.807, 2.05) is 13.8 Å². The van der Waals surface area contributed by atoms with E-state index < -0.39 is 23.3 Å². The summed E-state index contributed by atoms with van der Waals surface area (Å²) in [7, 11) is 0. The minimum absolute atomic E-state index is 0.0308. The summed E-state index contributed by atoms with van der Waals surface area (Å²) in [5, 5.41) is 17.3. The predicted octanol–water partition coefficient (Wildman–Crippen LogP) is 0.926. The van der Waals surface area contributed by atoms with Gasteiger partial charge in [-0.1, -0.05) is 13.8 Å². The number of hydrogen-bond donors (Lipinski definition) is 2. The van der Waals surface area contributed by atoms with Crippen molar-refractivity contribution in [3.05, 3.63) is 27.7 Å². The Bertz CT molecular complexity index is 923. The van der Waals surface area contributed by atoms with Gasteiger partial charge in [-0.15, -0.1) is 0 Å². The Morgan fingerprint density at radius 1 is 1.42 bits per heavy atom. The lowest BCUT2D eigenvalue weighted by molar-refractivity contribution is 0.0528. The first kappa shape index (κ1) is 18.0. The van der Waals surface area contributed by atoms with Crippen molar-refractivity contribution < 1.29 is 19.4 Å². The van der Waals surface area contributed by atoms with E-state index in [0.29, 0.717) is 0 Å². The van der Waals surface area contributed by atoms with Crippen LogP contribution in [0.1, 0.15) is 54.3 Å². The molecule has 2 aromatic rings. The van der Waals surface area contributed by atoms with E-state index in [2.05, 4.69) is 10.4 Å². The van der Waals surface area contributed by atoms with Crippen molar-refractivity contribution in [3.8, 4) is 5.88 Å². The summed E-state index contributed by atoms with van der Waals surface area (Å²) in [5.74, 6) is -1.67. The van der Waals surface area contributed by atoms with Crippen molar-refractivity contribution in [2.45, 2.75) is 46.2 Å². The highest BCUT2D eigenvalue weighted by Gasteiger charge is 2.30. The number of ether oxygens (including phenoxy) is 1. The van der Waals surface area contributed by atoms with E-state index in [-0.39, 0.29) is 41.9 Å². The van der Waals surface area contributed by atoms with Crippen molar-refractivity contribution in [2.75, 3.05) is 6.61 Å². The summed E-state index contributed by atoms with van der Waals surface area (Å²) in [6.07, 6.45) is 2.92. The molecule has 26 heavy (non-hydrogen) atoms. The van der Waals surface area contributed by atoms with Crippen LogP contribution < -0.4 is 10.9 Å². The SMILES string of the molecule is CCOC(=O)c1cnn2c(=O)c(C(=O)NC3CC3)c(O)n(CC(C)C)c12. The number of fused-ring (bicyclic) bond motifs is 1. The molecule has 0 radical (unpaired) electrons. The molecule has 0 spiro atoms. The fraction of sp³-hybridized carbons (Fsp3) is 0.529. The van der Waals surface area contributed by atoms with Gasteiger partial charge in [0.15, 0.2) is 11.2 Å². The van der Waals surface area contributed by atoms with Gasteiger partial charge in [0, 0.05) is 12.6 Å². The lowest BCUT2D eigenvalue weighted by atomic mass is 10.2. The number of aromatic hydroxyl groups is 1. The maximum Gasteiger partial charge on any atom is 0.343 e. The van der Waals surface area contributed by atoms with Crippen LogP contribution in [0.4, 0.5) is 0 Å². The third-order valence-corrected chi connectivity index (χ3v) is 4.07. The third-order valence-electron chi connectivity index (χ3n) is 4.07. The number of amides is 1. The molecule has 2 N–H and O–H groups in total. The van der Waals surface area contributed by atoms with E-state index in [9.17, 15) is 19.5 Å². The minimum Gasteiger partial charge on any atom is -0.494 e. The van der Waals surface area contributed by atoms with Crippen LogP contribution in [0.3, 0.4) is 0 Å². The van der Waals surface area contributed by atoms with Crippen molar-refractivity contribution in [2.24, 2.45) is 5.92 Å². The van der Waals surface area contributed by atoms with Crippen molar-refractivity contribution in [1.82, 2.24) is 19.5 Å². The molecule has 1 fully saturated rings. The fourth-order valence-electron chi connectivity index (χ4n) is 2.76. The Hall–Kier alpha value is -2.84. The van der Waals surface area contributed by atoms with Gasteiger partial charge in [-0.25, -0.2) is 4.79 Å². The largest absolute Gasteiger partial charge is 0.494 e. The van der Waals surface area contributed by atoms with Crippen LogP contribution in [0.2, 0.25) is 0 Å². The monoisotopic (exact) mass is 362 g/mol. The predicted molar refractivity (Wildman–Crippen MR) is 92.4 cm³/mol. The number of rotatable bonds is 6. The number of carbonyl (C=O) groups is 2. The van der Waals surface area contributed by atoms with Gasteiger partial charge in [0.2, 0.25) is 5.88 Å². The average molecular weight is 362 g/mol. The van der Waals surface area contributed by atoms with Crippen molar-refractivity contribution in [1.29, 1.82) is 0 Å². The quantitative estimate of drug-likeness (QED) is 0.739. The summed E-state index contributed by atoms with van der Waals surface area (Å²) >= 11 is 0. The Morgan fingerprint density at radius 3 is 2.69 bits per heavy atom. The zero-order valence-corrected chi connectivity index (χ0v) is 15.0. The van der Waals surface area contributed by atoms with Gasteiger partial charge in [-0.05, 0) is 25.7 Å². The maximum atomic E-state index is 12.7. The number of nitrogens with one attached hydrogen (secondary N) is 1. The molecule has 1 aliphatic carbocycles. The van der Waals surface area contributed by atoms with Gasteiger partial charge in [-0.3, -0.25) is 14.2 Å². The van der Waals surface area contributed by atoms with E-state index in [0.717, 1.165) is 17.4 Å². The zero-order chi connectivity index (χ0) is 19.0. The molecule has 1 amide bonds. The van der Waals surface area contributed by atoms with Crippen LogP contribution in [0, 0.1) is 5.92 Å². The van der Waals surface area contributed by atoms with Crippen LogP contribution in [-0.4, -0.2) is 43.8 Å². The molecule has 2 heterocycles. The molecule has 0 saturated heterocycles. The Morgan fingerprint density at radius 2 is 2.12 bits per heavy atom. The Balaban J connectivity index is 2.23. The van der Waals surface area contributed by atoms with Gasteiger partial charge in [0.1, 0.15) is 5.56 Å². The number of carbonyl (C=O) groups excluding carboxylic acids is 2. The third kappa shape index (κ3) is 3.16. The Kier molecular flexibility index (Phi) is 4.71. The summed E-state index contributed by atoms with van der Waals surface area (Å²) < 4.78 is 7.34. The molecule has 0 atom stereocenters. The van der Waals surface area contributed by atoms with E-state index in [1.165, 1.54) is 10.8 Å². The van der Waals surface area contributed by atoms with Crippen LogP contribution in [0.15, 0.2) is 11.0 Å². The summed E-state index contributed by atoms with van der Waals surface area (Å²) in [4.78, 5) is 37.4. The fourth-order valence-corrected chi connectivity index (χ4v) is 2.76. The normalized spacial score (nSPS) is 14.0. The molecule has 9 nitrogen and oxygen atoms in total. The molecule has 0 aromatic carbocycles. The first-order valence-electron chi connectivity index (χ1n) is 8.66. The number of aromatic nitrogens is 3. The molecule has 9 heteroatoms. The summed E-state index contributed by atoms with van der Waals surface area (Å²) in [6, 6.07) is 0.0308. The van der Waals surface area contributed by atoms with Crippen LogP contribution in [0.5, 0.6) is 5.88 Å². The topological polar surface area (TPSA) is 115 Å². The number of nitrogens with zero attached hydrogens (tertiary/aromatic N) is 3. The maximum absolute atomic E-state index is 12.7. The second-order valence-electron chi connectivity index (χ2n) is 6.77. The summed E-state index contributed by atoms with van der Waals surface area (Å²) in [6.45, 7) is 5.95. The van der Waals surface area contributed by atoms with Crippen LogP contribution in [-0.2, 0) is 11.3 Å². The number of esters is 1. The molecule has 1 saturated carbocycles. The molecule has 140 valence electrons. The molecule has 2 aromatic heterocycles. The summed E-state index contributed by atoms with van der Waals surface area (Å²) in [5.41, 5.74) is -0.966. The van der Waals surface area contributed by atoms with Gasteiger partial charge in [-0.2, -0.15) is 9.61 Å². The molecular formula is C17H22N4O5. The molecule has 3 rings (SSSR count).